The zero-order valence-electron chi connectivity index (χ0n) is 12.2. The van der Waals surface area contributed by atoms with Gasteiger partial charge in [-0.25, -0.2) is 4.98 Å². The third kappa shape index (κ3) is 1.86. The fourth-order valence-corrected chi connectivity index (χ4v) is 3.74. The van der Waals surface area contributed by atoms with Gasteiger partial charge in [0, 0.05) is 25.4 Å². The summed E-state index contributed by atoms with van der Waals surface area (Å²) in [4.78, 5) is 19.1. The fraction of sp³-hybridized carbons (Fsp3) is 0.571. The summed E-state index contributed by atoms with van der Waals surface area (Å²) in [5, 5.41) is 3.74. The van der Waals surface area contributed by atoms with Gasteiger partial charge in [-0.2, -0.15) is 0 Å². The van der Waals surface area contributed by atoms with Crippen LogP contribution in [-0.2, 0) is 24.8 Å². The molecule has 0 unspecified atom stereocenters. The number of anilines is 1. The Morgan fingerprint density at radius 2 is 2.30 bits per heavy atom. The summed E-state index contributed by atoms with van der Waals surface area (Å²) in [6, 6.07) is 0. The molecule has 20 heavy (non-hydrogen) atoms. The van der Waals surface area contributed by atoms with Crippen molar-refractivity contribution in [1.29, 1.82) is 0 Å². The Morgan fingerprint density at radius 1 is 1.55 bits per heavy atom. The lowest BCUT2D eigenvalue weighted by Gasteiger charge is -2.32. The van der Waals surface area contributed by atoms with E-state index in [0.717, 1.165) is 33.5 Å². The van der Waals surface area contributed by atoms with Crippen molar-refractivity contribution < 1.29 is 4.74 Å². The quantitative estimate of drug-likeness (QED) is 0.923. The molecule has 2 aromatic rings. The van der Waals surface area contributed by atoms with Gasteiger partial charge in [-0.3, -0.25) is 9.36 Å². The molecule has 1 aliphatic rings. The molecule has 0 saturated carbocycles. The van der Waals surface area contributed by atoms with Crippen LogP contribution in [0.1, 0.15) is 30.7 Å². The summed E-state index contributed by atoms with van der Waals surface area (Å²) in [5.41, 5.74) is 0.988. The first-order valence-electron chi connectivity index (χ1n) is 6.82. The molecule has 1 atom stereocenters. The minimum Gasteiger partial charge on any atom is -0.369 e. The van der Waals surface area contributed by atoms with Crippen molar-refractivity contribution in [3.63, 3.8) is 0 Å². The fourth-order valence-electron chi connectivity index (χ4n) is 2.65. The van der Waals surface area contributed by atoms with Crippen molar-refractivity contribution >= 4 is 27.5 Å². The highest BCUT2D eigenvalue weighted by Crippen LogP contribution is 2.38. The number of thiophene rings is 1. The monoisotopic (exact) mass is 293 g/mol. The number of nitrogens with one attached hydrogen (secondary N) is 1. The average Bonchev–Trinajstić information content (AvgIpc) is 2.80. The van der Waals surface area contributed by atoms with Crippen LogP contribution in [0.25, 0.3) is 10.2 Å². The summed E-state index contributed by atoms with van der Waals surface area (Å²) >= 11 is 1.57. The van der Waals surface area contributed by atoms with Gasteiger partial charge in [0.25, 0.3) is 5.56 Å². The highest BCUT2D eigenvalue weighted by atomic mass is 32.1. The van der Waals surface area contributed by atoms with Crippen molar-refractivity contribution in [1.82, 2.24) is 9.55 Å². The lowest BCUT2D eigenvalue weighted by molar-refractivity contribution is -0.0543. The Balaban J connectivity index is 2.27. The molecule has 0 amide bonds. The molecule has 0 aromatic carbocycles. The first-order valence-corrected chi connectivity index (χ1v) is 7.63. The van der Waals surface area contributed by atoms with E-state index < -0.39 is 0 Å². The van der Waals surface area contributed by atoms with Crippen LogP contribution in [0, 0.1) is 0 Å². The van der Waals surface area contributed by atoms with Crippen LogP contribution in [0.5, 0.6) is 0 Å². The van der Waals surface area contributed by atoms with Crippen LogP contribution >= 0.6 is 11.3 Å². The van der Waals surface area contributed by atoms with Gasteiger partial charge in [0.2, 0.25) is 5.95 Å². The van der Waals surface area contributed by atoms with Gasteiger partial charge in [-0.05, 0) is 18.9 Å². The lowest BCUT2D eigenvalue weighted by Crippen LogP contribution is -2.34. The standard InChI is InChI=1S/C14H19N3O2S/c1-5-14(2)6-8-9(7-19-14)20-11-10(8)12(18)17(4)13(15-3)16-11/h5-7H2,1-4H3,(H,15,16)/t14-/m0/s1. The third-order valence-corrected chi connectivity index (χ3v) is 5.29. The maximum absolute atomic E-state index is 12.6. The molecule has 108 valence electrons. The number of nitrogens with zero attached hydrogens (tertiary/aromatic N) is 2. The molecule has 0 aliphatic carbocycles. The van der Waals surface area contributed by atoms with Crippen LogP contribution in [0.4, 0.5) is 5.95 Å². The molecule has 5 nitrogen and oxygen atoms in total. The summed E-state index contributed by atoms with van der Waals surface area (Å²) < 4.78 is 7.53. The second-order valence-electron chi connectivity index (χ2n) is 5.50. The van der Waals surface area contributed by atoms with E-state index in [9.17, 15) is 4.79 Å². The van der Waals surface area contributed by atoms with Crippen LogP contribution in [0.3, 0.4) is 0 Å². The number of hydrogen-bond acceptors (Lipinski definition) is 5. The van der Waals surface area contributed by atoms with E-state index in [1.54, 1.807) is 30.0 Å². The molecule has 0 radical (unpaired) electrons. The van der Waals surface area contributed by atoms with Crippen molar-refractivity contribution in [2.45, 2.75) is 38.9 Å². The number of rotatable bonds is 2. The van der Waals surface area contributed by atoms with Gasteiger partial charge in [-0.1, -0.05) is 6.92 Å². The highest BCUT2D eigenvalue weighted by Gasteiger charge is 2.33. The van der Waals surface area contributed by atoms with Crippen molar-refractivity contribution in [3.8, 4) is 0 Å². The third-order valence-electron chi connectivity index (χ3n) is 4.19. The first kappa shape index (κ1) is 13.6. The Kier molecular flexibility index (Phi) is 3.10. The highest BCUT2D eigenvalue weighted by molar-refractivity contribution is 7.18. The zero-order valence-corrected chi connectivity index (χ0v) is 13.1. The molecule has 1 aliphatic heterocycles. The normalized spacial score (nSPS) is 22.0. The summed E-state index contributed by atoms with van der Waals surface area (Å²) in [6.45, 7) is 4.81. The summed E-state index contributed by atoms with van der Waals surface area (Å²) in [7, 11) is 3.53. The Morgan fingerprint density at radius 3 is 2.95 bits per heavy atom. The molecule has 6 heteroatoms. The van der Waals surface area contributed by atoms with Gasteiger partial charge in [0.05, 0.1) is 17.6 Å². The maximum atomic E-state index is 12.6. The largest absolute Gasteiger partial charge is 0.369 e. The molecule has 3 rings (SSSR count). The van der Waals surface area contributed by atoms with E-state index in [-0.39, 0.29) is 11.2 Å². The van der Waals surface area contributed by atoms with E-state index >= 15 is 0 Å². The molecule has 3 heterocycles. The van der Waals surface area contributed by atoms with E-state index in [4.69, 9.17) is 4.74 Å². The van der Waals surface area contributed by atoms with Gasteiger partial charge in [0.15, 0.2) is 0 Å². The molecule has 0 fully saturated rings. The predicted molar refractivity (Wildman–Crippen MR) is 81.6 cm³/mol. The Hall–Kier alpha value is -1.40. The number of fused-ring (bicyclic) bond motifs is 3. The molecule has 1 N–H and O–H groups in total. The minimum absolute atomic E-state index is 0.0252. The van der Waals surface area contributed by atoms with Gasteiger partial charge in [0.1, 0.15) is 4.83 Å². The van der Waals surface area contributed by atoms with Gasteiger partial charge >= 0.3 is 0 Å². The van der Waals surface area contributed by atoms with Crippen LogP contribution < -0.4 is 10.9 Å². The molecular weight excluding hydrogens is 274 g/mol. The Bertz CT molecular complexity index is 734. The number of aromatic nitrogens is 2. The van der Waals surface area contributed by atoms with E-state index in [2.05, 4.69) is 24.1 Å². The maximum Gasteiger partial charge on any atom is 0.263 e. The van der Waals surface area contributed by atoms with Gasteiger partial charge < -0.3 is 10.1 Å². The van der Waals surface area contributed by atoms with Crippen molar-refractivity contribution in [2.75, 3.05) is 12.4 Å². The molecular formula is C14H19N3O2S. The number of ether oxygens (including phenoxy) is 1. The van der Waals surface area contributed by atoms with Crippen molar-refractivity contribution in [2.24, 2.45) is 7.05 Å². The second-order valence-corrected chi connectivity index (χ2v) is 6.59. The molecule has 2 aromatic heterocycles. The smallest absolute Gasteiger partial charge is 0.263 e. The van der Waals surface area contributed by atoms with Crippen molar-refractivity contribution in [3.05, 3.63) is 20.8 Å². The SMILES string of the molecule is CC[C@@]1(C)Cc2c(sc3nc(NC)n(C)c(=O)c23)CO1. The molecule has 0 saturated heterocycles. The average molecular weight is 293 g/mol. The minimum atomic E-state index is -0.173. The summed E-state index contributed by atoms with van der Waals surface area (Å²) in [5.74, 6) is 0.597. The van der Waals surface area contributed by atoms with Crippen LogP contribution in [0.15, 0.2) is 4.79 Å². The van der Waals surface area contributed by atoms with Crippen LogP contribution in [0.2, 0.25) is 0 Å². The molecule has 0 bridgehead atoms. The molecule has 0 spiro atoms. The van der Waals surface area contributed by atoms with Crippen LogP contribution in [-0.4, -0.2) is 22.2 Å². The predicted octanol–water partition coefficient (Wildman–Crippen LogP) is 2.28. The van der Waals surface area contributed by atoms with E-state index in [0.29, 0.717) is 12.6 Å². The van der Waals surface area contributed by atoms with E-state index in [1.807, 2.05) is 0 Å². The van der Waals surface area contributed by atoms with Gasteiger partial charge in [-0.15, -0.1) is 11.3 Å². The number of hydrogen-bond donors (Lipinski definition) is 1. The Labute approximate surface area is 121 Å². The summed E-state index contributed by atoms with van der Waals surface area (Å²) in [6.07, 6.45) is 1.72. The van der Waals surface area contributed by atoms with E-state index in [1.165, 1.54) is 0 Å². The second kappa shape index (κ2) is 4.56. The topological polar surface area (TPSA) is 56.2 Å². The zero-order chi connectivity index (χ0) is 14.5. The lowest BCUT2D eigenvalue weighted by atomic mass is 9.90. The first-order chi connectivity index (χ1) is 9.49.